The molecule has 2 heterocycles. The van der Waals surface area contributed by atoms with Gasteiger partial charge in [-0.1, -0.05) is 23.7 Å². The summed E-state index contributed by atoms with van der Waals surface area (Å²) in [6.07, 6.45) is 4.39. The van der Waals surface area contributed by atoms with E-state index < -0.39 is 0 Å². The van der Waals surface area contributed by atoms with E-state index in [1.54, 1.807) is 12.5 Å². The average Bonchev–Trinajstić information content (AvgIpc) is 3.13. The Hall–Kier alpha value is -2.66. The molecule has 1 aromatic carbocycles. The number of rotatable bonds is 4. The molecule has 0 bridgehead atoms. The van der Waals surface area contributed by atoms with E-state index in [2.05, 4.69) is 15.3 Å². The van der Waals surface area contributed by atoms with Gasteiger partial charge in [-0.05, 0) is 42.2 Å². The minimum Gasteiger partial charge on any atom is -0.467 e. The van der Waals surface area contributed by atoms with Crippen molar-refractivity contribution in [2.75, 3.05) is 5.32 Å². The third-order valence-corrected chi connectivity index (χ3v) is 4.60. The van der Waals surface area contributed by atoms with E-state index in [1.807, 2.05) is 36.4 Å². The molecule has 1 N–H and O–H groups in total. The molecule has 0 saturated carbocycles. The smallest absolute Gasteiger partial charge is 0.223 e. The molecule has 0 aliphatic heterocycles. The van der Waals surface area contributed by atoms with Crippen LogP contribution in [0.3, 0.4) is 0 Å². The number of hydrogen-bond acceptors (Lipinski definition) is 5. The predicted molar refractivity (Wildman–Crippen MR) is 94.9 cm³/mol. The summed E-state index contributed by atoms with van der Waals surface area (Å²) in [6, 6.07) is 11.4. The summed E-state index contributed by atoms with van der Waals surface area (Å²) in [5, 5.41) is 3.81. The SMILES string of the molecule is O=C1C[C@H](c2cccc(Cl)c2)Cc2nc(NCc3ccco3)ncc21. The van der Waals surface area contributed by atoms with Crippen molar-refractivity contribution in [2.24, 2.45) is 0 Å². The van der Waals surface area contributed by atoms with E-state index in [-0.39, 0.29) is 11.7 Å². The van der Waals surface area contributed by atoms with Crippen molar-refractivity contribution in [1.29, 1.82) is 0 Å². The van der Waals surface area contributed by atoms with Gasteiger partial charge in [-0.2, -0.15) is 0 Å². The molecule has 25 heavy (non-hydrogen) atoms. The summed E-state index contributed by atoms with van der Waals surface area (Å²) in [4.78, 5) is 21.3. The molecule has 126 valence electrons. The summed E-state index contributed by atoms with van der Waals surface area (Å²) in [7, 11) is 0. The summed E-state index contributed by atoms with van der Waals surface area (Å²) in [6.45, 7) is 0.497. The molecule has 0 amide bonds. The highest BCUT2D eigenvalue weighted by molar-refractivity contribution is 6.30. The molecule has 0 fully saturated rings. The second kappa shape index (κ2) is 6.69. The Labute approximate surface area is 150 Å². The number of benzene rings is 1. The number of carbonyl (C=O) groups is 1. The normalized spacial score (nSPS) is 16.5. The number of aromatic nitrogens is 2. The van der Waals surface area contributed by atoms with Gasteiger partial charge in [-0.15, -0.1) is 0 Å². The van der Waals surface area contributed by atoms with Crippen molar-refractivity contribution in [3.8, 4) is 0 Å². The van der Waals surface area contributed by atoms with Crippen molar-refractivity contribution < 1.29 is 9.21 Å². The van der Waals surface area contributed by atoms with Crippen molar-refractivity contribution in [1.82, 2.24) is 9.97 Å². The zero-order chi connectivity index (χ0) is 17.2. The van der Waals surface area contributed by atoms with Crippen LogP contribution >= 0.6 is 11.6 Å². The van der Waals surface area contributed by atoms with E-state index in [9.17, 15) is 4.79 Å². The molecule has 2 aromatic heterocycles. The van der Waals surface area contributed by atoms with E-state index in [0.717, 1.165) is 17.0 Å². The van der Waals surface area contributed by atoms with Crippen LogP contribution in [0.25, 0.3) is 0 Å². The van der Waals surface area contributed by atoms with E-state index in [4.69, 9.17) is 16.0 Å². The van der Waals surface area contributed by atoms with Gasteiger partial charge in [0.15, 0.2) is 5.78 Å². The van der Waals surface area contributed by atoms with Crippen LogP contribution in [0.5, 0.6) is 0 Å². The van der Waals surface area contributed by atoms with Crippen LogP contribution in [0.1, 0.15) is 39.7 Å². The standard InChI is InChI=1S/C19H16ClN3O2/c20-14-4-1-3-12(7-14)13-8-17-16(18(24)9-13)11-22-19(23-17)21-10-15-5-2-6-25-15/h1-7,11,13H,8-10H2,(H,21,22,23)/t13-/m1/s1. The Kier molecular flexibility index (Phi) is 4.24. The number of nitrogens with one attached hydrogen (secondary N) is 1. The Balaban J connectivity index is 1.56. The number of hydrogen-bond donors (Lipinski definition) is 1. The molecule has 1 aliphatic rings. The van der Waals surface area contributed by atoms with Gasteiger partial charge in [-0.25, -0.2) is 9.97 Å². The maximum atomic E-state index is 12.5. The minimum atomic E-state index is 0.0730. The van der Waals surface area contributed by atoms with Gasteiger partial charge in [0.05, 0.1) is 24.1 Å². The zero-order valence-corrected chi connectivity index (χ0v) is 14.2. The lowest BCUT2D eigenvalue weighted by Gasteiger charge is -2.23. The third-order valence-electron chi connectivity index (χ3n) is 4.36. The lowest BCUT2D eigenvalue weighted by atomic mass is 9.82. The zero-order valence-electron chi connectivity index (χ0n) is 13.4. The molecule has 3 aromatic rings. The first kappa shape index (κ1) is 15.8. The highest BCUT2D eigenvalue weighted by atomic mass is 35.5. The average molecular weight is 354 g/mol. The Morgan fingerprint density at radius 2 is 2.16 bits per heavy atom. The summed E-state index contributed by atoms with van der Waals surface area (Å²) in [5.74, 6) is 1.46. The van der Waals surface area contributed by atoms with Crippen LogP contribution in [0, 0.1) is 0 Å². The van der Waals surface area contributed by atoms with Gasteiger partial charge in [0.2, 0.25) is 5.95 Å². The first-order chi connectivity index (χ1) is 12.2. The van der Waals surface area contributed by atoms with Crippen LogP contribution in [0.15, 0.2) is 53.3 Å². The molecule has 0 radical (unpaired) electrons. The minimum absolute atomic E-state index is 0.0730. The molecule has 4 rings (SSSR count). The van der Waals surface area contributed by atoms with Gasteiger partial charge in [0.1, 0.15) is 5.76 Å². The van der Waals surface area contributed by atoms with E-state index >= 15 is 0 Å². The number of halogens is 1. The number of Topliss-reactive ketones (excluding diaryl/α,β-unsaturated/α-hetero) is 1. The highest BCUT2D eigenvalue weighted by Crippen LogP contribution is 2.32. The van der Waals surface area contributed by atoms with Gasteiger partial charge in [0.25, 0.3) is 0 Å². The van der Waals surface area contributed by atoms with E-state index in [1.165, 1.54) is 0 Å². The topological polar surface area (TPSA) is 68.0 Å². The molecule has 0 spiro atoms. The lowest BCUT2D eigenvalue weighted by molar-refractivity contribution is 0.0962. The van der Waals surface area contributed by atoms with Crippen LogP contribution in [-0.2, 0) is 13.0 Å². The molecule has 6 heteroatoms. The monoisotopic (exact) mass is 353 g/mol. The molecular formula is C19H16ClN3O2. The van der Waals surface area contributed by atoms with E-state index in [0.29, 0.717) is 35.9 Å². The quantitative estimate of drug-likeness (QED) is 0.759. The molecule has 0 unspecified atom stereocenters. The second-order valence-electron chi connectivity index (χ2n) is 6.07. The van der Waals surface area contributed by atoms with Crippen LogP contribution in [-0.4, -0.2) is 15.8 Å². The molecule has 1 aliphatic carbocycles. The fourth-order valence-electron chi connectivity index (χ4n) is 3.11. The van der Waals surface area contributed by atoms with Crippen molar-refractivity contribution in [3.05, 3.63) is 76.5 Å². The fraction of sp³-hybridized carbons (Fsp3) is 0.211. The maximum Gasteiger partial charge on any atom is 0.223 e. The summed E-state index contributed by atoms with van der Waals surface area (Å²) >= 11 is 6.09. The number of fused-ring (bicyclic) bond motifs is 1. The first-order valence-corrected chi connectivity index (χ1v) is 8.47. The van der Waals surface area contributed by atoms with Crippen LogP contribution in [0.2, 0.25) is 5.02 Å². The molecule has 5 nitrogen and oxygen atoms in total. The number of nitrogens with zero attached hydrogens (tertiary/aromatic N) is 2. The lowest BCUT2D eigenvalue weighted by Crippen LogP contribution is -2.21. The number of furan rings is 1. The largest absolute Gasteiger partial charge is 0.467 e. The first-order valence-electron chi connectivity index (χ1n) is 8.10. The van der Waals surface area contributed by atoms with Gasteiger partial charge in [-0.3, -0.25) is 4.79 Å². The van der Waals surface area contributed by atoms with Crippen LogP contribution in [0.4, 0.5) is 5.95 Å². The van der Waals surface area contributed by atoms with Gasteiger partial charge in [0, 0.05) is 17.6 Å². The van der Waals surface area contributed by atoms with Gasteiger partial charge >= 0.3 is 0 Å². The maximum absolute atomic E-state index is 12.5. The highest BCUT2D eigenvalue weighted by Gasteiger charge is 2.28. The number of ketones is 1. The molecular weight excluding hydrogens is 338 g/mol. The van der Waals surface area contributed by atoms with Crippen molar-refractivity contribution >= 4 is 23.3 Å². The Morgan fingerprint density at radius 1 is 1.24 bits per heavy atom. The second-order valence-corrected chi connectivity index (χ2v) is 6.51. The van der Waals surface area contributed by atoms with Crippen molar-refractivity contribution in [2.45, 2.75) is 25.3 Å². The predicted octanol–water partition coefficient (Wildman–Crippen LogP) is 4.25. The fourth-order valence-corrected chi connectivity index (χ4v) is 3.30. The Bertz CT molecular complexity index is 909. The number of carbonyl (C=O) groups excluding carboxylic acids is 1. The number of anilines is 1. The Morgan fingerprint density at radius 3 is 2.96 bits per heavy atom. The van der Waals surface area contributed by atoms with Gasteiger partial charge < -0.3 is 9.73 Å². The van der Waals surface area contributed by atoms with Crippen molar-refractivity contribution in [3.63, 3.8) is 0 Å². The molecule has 0 saturated heterocycles. The summed E-state index contributed by atoms with van der Waals surface area (Å²) < 4.78 is 5.29. The summed E-state index contributed by atoms with van der Waals surface area (Å²) in [5.41, 5.74) is 2.45. The van der Waals surface area contributed by atoms with Crippen LogP contribution < -0.4 is 5.32 Å². The third kappa shape index (κ3) is 3.42. The molecule has 1 atom stereocenters.